The van der Waals surface area contributed by atoms with Gasteiger partial charge in [0.1, 0.15) is 17.2 Å². The zero-order valence-corrected chi connectivity index (χ0v) is 12.1. The van der Waals surface area contributed by atoms with Crippen LogP contribution < -0.4 is 5.32 Å². The summed E-state index contributed by atoms with van der Waals surface area (Å²) < 4.78 is 1.69. The van der Waals surface area contributed by atoms with E-state index in [2.05, 4.69) is 10.3 Å². The lowest BCUT2D eigenvalue weighted by atomic mass is 10.0. The third-order valence-corrected chi connectivity index (χ3v) is 4.99. The first-order chi connectivity index (χ1) is 8.24. The Balaban J connectivity index is 2.32. The van der Waals surface area contributed by atoms with Crippen LogP contribution in [0.5, 0.6) is 0 Å². The van der Waals surface area contributed by atoms with Gasteiger partial charge in [0, 0.05) is 17.5 Å². The minimum atomic E-state index is -0.808. The largest absolute Gasteiger partial charge is 0.480 e. The Morgan fingerprint density at radius 3 is 2.50 bits per heavy atom. The maximum absolute atomic E-state index is 11.2. The van der Waals surface area contributed by atoms with Gasteiger partial charge < -0.3 is 9.67 Å². The van der Waals surface area contributed by atoms with E-state index < -0.39 is 12.0 Å². The molecule has 18 heavy (non-hydrogen) atoms. The van der Waals surface area contributed by atoms with Crippen LogP contribution in [0.4, 0.5) is 0 Å². The highest BCUT2D eigenvalue weighted by atomic mass is 32.2. The summed E-state index contributed by atoms with van der Waals surface area (Å²) in [6.45, 7) is 7.89. The van der Waals surface area contributed by atoms with Crippen LogP contribution in [0.2, 0.25) is 0 Å². The molecule has 0 amide bonds. The highest BCUT2D eigenvalue weighted by Gasteiger charge is 2.46. The third kappa shape index (κ3) is 2.03. The molecule has 0 spiro atoms. The number of nitrogens with one attached hydrogen (secondary N) is 1. The van der Waals surface area contributed by atoms with Crippen LogP contribution in [0.1, 0.15) is 36.4 Å². The van der Waals surface area contributed by atoms with Crippen molar-refractivity contribution in [2.24, 2.45) is 7.05 Å². The predicted octanol–water partition coefficient (Wildman–Crippen LogP) is 1.60. The zero-order valence-electron chi connectivity index (χ0n) is 11.3. The van der Waals surface area contributed by atoms with Crippen molar-refractivity contribution in [2.45, 2.75) is 43.9 Å². The Morgan fingerprint density at radius 1 is 1.50 bits per heavy atom. The van der Waals surface area contributed by atoms with E-state index in [4.69, 9.17) is 0 Å². The van der Waals surface area contributed by atoms with Crippen LogP contribution >= 0.6 is 11.8 Å². The monoisotopic (exact) mass is 269 g/mol. The molecule has 6 heteroatoms. The van der Waals surface area contributed by atoms with Crippen molar-refractivity contribution in [1.82, 2.24) is 14.9 Å². The van der Waals surface area contributed by atoms with E-state index in [1.54, 1.807) is 11.8 Å². The van der Waals surface area contributed by atoms with E-state index in [1.807, 2.05) is 39.3 Å². The van der Waals surface area contributed by atoms with Crippen molar-refractivity contribution in [3.05, 3.63) is 17.2 Å². The second-order valence-electron chi connectivity index (χ2n) is 5.24. The average molecular weight is 269 g/mol. The molecular formula is C12H19N3O2S. The minimum Gasteiger partial charge on any atom is -0.480 e. The van der Waals surface area contributed by atoms with Crippen molar-refractivity contribution in [3.8, 4) is 0 Å². The van der Waals surface area contributed by atoms with Gasteiger partial charge in [-0.25, -0.2) is 4.98 Å². The number of carboxylic acid groups (broad SMARTS) is 1. The summed E-state index contributed by atoms with van der Waals surface area (Å²) in [5.41, 5.74) is 2.11. The fraction of sp³-hybridized carbons (Fsp3) is 0.667. The lowest BCUT2D eigenvalue weighted by Crippen LogP contribution is -2.43. The normalized spacial score (nSPS) is 26.5. The van der Waals surface area contributed by atoms with Crippen LogP contribution in [-0.2, 0) is 11.8 Å². The highest BCUT2D eigenvalue weighted by molar-refractivity contribution is 8.01. The van der Waals surface area contributed by atoms with E-state index in [0.29, 0.717) is 0 Å². The molecule has 0 radical (unpaired) electrons. The predicted molar refractivity (Wildman–Crippen MR) is 71.7 cm³/mol. The smallest absolute Gasteiger partial charge is 0.322 e. The average Bonchev–Trinajstić information content (AvgIpc) is 2.70. The number of rotatable bonds is 2. The van der Waals surface area contributed by atoms with Gasteiger partial charge in [0.2, 0.25) is 0 Å². The maximum atomic E-state index is 11.2. The van der Waals surface area contributed by atoms with E-state index in [9.17, 15) is 9.90 Å². The van der Waals surface area contributed by atoms with Crippen molar-refractivity contribution < 1.29 is 9.90 Å². The Labute approximate surface area is 111 Å². The van der Waals surface area contributed by atoms with Crippen LogP contribution in [0.25, 0.3) is 0 Å². The SMILES string of the molecule is Cc1nc(C2NC(C(=O)O)C(C)(C)S2)n(C)c1C. The number of aliphatic carboxylic acids is 1. The van der Waals surface area contributed by atoms with Gasteiger partial charge in [-0.3, -0.25) is 10.1 Å². The van der Waals surface area contributed by atoms with E-state index in [-0.39, 0.29) is 10.1 Å². The topological polar surface area (TPSA) is 67.2 Å². The molecule has 0 bridgehead atoms. The van der Waals surface area contributed by atoms with E-state index in [1.165, 1.54) is 0 Å². The van der Waals surface area contributed by atoms with Crippen LogP contribution in [0.15, 0.2) is 0 Å². The summed E-state index contributed by atoms with van der Waals surface area (Å²) >= 11 is 1.62. The molecule has 1 aliphatic rings. The summed E-state index contributed by atoms with van der Waals surface area (Å²) in [5, 5.41) is 12.3. The molecule has 5 nitrogen and oxygen atoms in total. The van der Waals surface area contributed by atoms with E-state index >= 15 is 0 Å². The van der Waals surface area contributed by atoms with E-state index in [0.717, 1.165) is 17.2 Å². The fourth-order valence-corrected chi connectivity index (χ4v) is 3.66. The molecule has 2 heterocycles. The molecule has 1 saturated heterocycles. The number of aromatic nitrogens is 2. The molecule has 100 valence electrons. The molecule has 1 aromatic heterocycles. The number of aryl methyl sites for hydroxylation is 1. The van der Waals surface area contributed by atoms with Crippen LogP contribution in [-0.4, -0.2) is 31.4 Å². The fourth-order valence-electron chi connectivity index (χ4n) is 2.23. The van der Waals surface area contributed by atoms with Gasteiger partial charge in [0.25, 0.3) is 0 Å². The molecule has 0 saturated carbocycles. The molecule has 1 aliphatic heterocycles. The molecule has 1 aromatic rings. The first-order valence-corrected chi connectivity index (χ1v) is 6.78. The quantitative estimate of drug-likeness (QED) is 0.853. The van der Waals surface area contributed by atoms with Crippen molar-refractivity contribution in [3.63, 3.8) is 0 Å². The van der Waals surface area contributed by atoms with Crippen molar-refractivity contribution >= 4 is 17.7 Å². The van der Waals surface area contributed by atoms with Gasteiger partial charge in [-0.15, -0.1) is 11.8 Å². The van der Waals surface area contributed by atoms with Gasteiger partial charge in [-0.05, 0) is 27.7 Å². The number of carbonyl (C=O) groups is 1. The Kier molecular flexibility index (Phi) is 3.19. The Hall–Kier alpha value is -1.01. The molecule has 2 atom stereocenters. The summed E-state index contributed by atoms with van der Waals surface area (Å²) in [5.74, 6) is 0.0875. The van der Waals surface area contributed by atoms with Gasteiger partial charge in [-0.2, -0.15) is 0 Å². The second-order valence-corrected chi connectivity index (χ2v) is 7.00. The second kappa shape index (κ2) is 4.28. The van der Waals surface area contributed by atoms with Gasteiger partial charge in [0.05, 0.1) is 5.69 Å². The molecular weight excluding hydrogens is 250 g/mol. The Bertz CT molecular complexity index is 496. The first kappa shape index (κ1) is 13.4. The minimum absolute atomic E-state index is 0.0708. The lowest BCUT2D eigenvalue weighted by Gasteiger charge is -2.20. The molecule has 1 fully saturated rings. The molecule has 2 unspecified atom stereocenters. The third-order valence-electron chi connectivity index (χ3n) is 3.57. The molecule has 0 aliphatic carbocycles. The zero-order chi connectivity index (χ0) is 13.7. The van der Waals surface area contributed by atoms with Crippen LogP contribution in [0, 0.1) is 13.8 Å². The summed E-state index contributed by atoms with van der Waals surface area (Å²) in [6.07, 6.45) is 0. The first-order valence-electron chi connectivity index (χ1n) is 5.90. The maximum Gasteiger partial charge on any atom is 0.322 e. The molecule has 2 rings (SSSR count). The van der Waals surface area contributed by atoms with Crippen molar-refractivity contribution in [2.75, 3.05) is 0 Å². The highest BCUT2D eigenvalue weighted by Crippen LogP contribution is 2.45. The van der Waals surface area contributed by atoms with Gasteiger partial charge >= 0.3 is 5.97 Å². The number of imidazole rings is 1. The Morgan fingerprint density at radius 2 is 2.11 bits per heavy atom. The number of hydrogen-bond acceptors (Lipinski definition) is 4. The van der Waals surface area contributed by atoms with Gasteiger partial charge in [0.15, 0.2) is 0 Å². The lowest BCUT2D eigenvalue weighted by molar-refractivity contribution is -0.139. The van der Waals surface area contributed by atoms with Crippen LogP contribution in [0.3, 0.4) is 0 Å². The summed E-state index contributed by atoms with van der Waals surface area (Å²) in [4.78, 5) is 15.8. The number of hydrogen-bond donors (Lipinski definition) is 2. The number of thioether (sulfide) groups is 1. The van der Waals surface area contributed by atoms with Gasteiger partial charge in [-0.1, -0.05) is 0 Å². The standard InChI is InChI=1S/C12H19N3O2S/c1-6-7(2)15(5)9(13-6)10-14-8(11(16)17)12(3,4)18-10/h8,10,14H,1-5H3,(H,16,17). The summed E-state index contributed by atoms with van der Waals surface area (Å²) in [6, 6.07) is -0.551. The van der Waals surface area contributed by atoms with Crippen molar-refractivity contribution in [1.29, 1.82) is 0 Å². The number of nitrogens with zero attached hydrogens (tertiary/aromatic N) is 2. The molecule has 0 aromatic carbocycles. The summed E-state index contributed by atoms with van der Waals surface area (Å²) in [7, 11) is 1.97. The molecule has 2 N–H and O–H groups in total. The number of carboxylic acids is 1.